The van der Waals surface area contributed by atoms with Gasteiger partial charge in [-0.25, -0.2) is 0 Å². The molecule has 8 rings (SSSR count). The van der Waals surface area contributed by atoms with Crippen molar-refractivity contribution < 1.29 is 28.8 Å². The number of hydrogen-bond acceptors (Lipinski definition) is 6. The highest BCUT2D eigenvalue weighted by molar-refractivity contribution is 7.80. The molecule has 0 spiro atoms. The third-order valence-electron chi connectivity index (χ3n) is 11.3. The lowest BCUT2D eigenvalue weighted by molar-refractivity contribution is 0.0253. The van der Waals surface area contributed by atoms with Gasteiger partial charge in [0.25, 0.3) is 0 Å². The number of fused-ring (bicyclic) bond motifs is 2. The van der Waals surface area contributed by atoms with E-state index in [-0.39, 0.29) is 12.0 Å². The SMILES string of the molecule is COc1ccc(P(c2ccc(OC)cc2)c2cccc(C[C@H]3CCC[C@@H]4Cc5cccc(P(c6ccc(OC)cc6)c6ccc(OC)cc6)c5OC34)c2O)cc1. The monoisotopic (exact) mass is 782 g/mol. The Balaban J connectivity index is 1.13. The standard InChI is InChI=1S/C48H48O6P2/c1-50-36-14-22-40(23-15-36)55(41-24-16-37(51-2)17-25-41)44-12-6-8-32(46(44)49)30-33-9-5-10-34-31-35-11-7-13-45(48(35)54-47(33)34)56(42-26-18-38(52-3)19-27-42)43-28-20-39(53-4)21-29-43/h6-8,11-29,33-34,47,49H,5,9-10,30-31H2,1-4H3/t33-,34-,47?/m1/s1. The maximum atomic E-state index is 12.2. The maximum absolute atomic E-state index is 12.2. The highest BCUT2D eigenvalue weighted by Gasteiger charge is 2.40. The molecule has 3 atom stereocenters. The van der Waals surface area contributed by atoms with Crippen LogP contribution in [0.15, 0.2) is 133 Å². The van der Waals surface area contributed by atoms with Crippen LogP contribution in [0.25, 0.3) is 0 Å². The van der Waals surface area contributed by atoms with Gasteiger partial charge >= 0.3 is 0 Å². The second-order valence-electron chi connectivity index (χ2n) is 14.5. The summed E-state index contributed by atoms with van der Waals surface area (Å²) in [4.78, 5) is 0. The van der Waals surface area contributed by atoms with Gasteiger partial charge in [-0.05, 0) is 122 Å². The van der Waals surface area contributed by atoms with Gasteiger partial charge in [0.15, 0.2) is 0 Å². The van der Waals surface area contributed by atoms with Gasteiger partial charge in [0, 0.05) is 22.4 Å². The Morgan fingerprint density at radius 2 is 1.00 bits per heavy atom. The first-order valence-electron chi connectivity index (χ1n) is 19.2. The van der Waals surface area contributed by atoms with Crippen molar-refractivity contribution in [2.45, 2.75) is 38.2 Å². The molecule has 1 heterocycles. The fourth-order valence-electron chi connectivity index (χ4n) is 8.43. The zero-order valence-corrected chi connectivity index (χ0v) is 34.1. The van der Waals surface area contributed by atoms with Gasteiger partial charge in [-0.15, -0.1) is 0 Å². The number of hydrogen-bond donors (Lipinski definition) is 1. The highest BCUT2D eigenvalue weighted by Crippen LogP contribution is 2.47. The van der Waals surface area contributed by atoms with Crippen molar-refractivity contribution >= 4 is 47.7 Å². The number of phenols is 1. The minimum absolute atomic E-state index is 0.0497. The molecule has 6 nitrogen and oxygen atoms in total. The van der Waals surface area contributed by atoms with Crippen molar-refractivity contribution in [3.63, 3.8) is 0 Å². The largest absolute Gasteiger partial charge is 0.507 e. The lowest BCUT2D eigenvalue weighted by Gasteiger charge is -2.43. The number of para-hydroxylation sites is 2. The predicted octanol–water partition coefficient (Wildman–Crippen LogP) is 7.91. The topological polar surface area (TPSA) is 66.4 Å². The normalized spacial score (nSPS) is 17.4. The van der Waals surface area contributed by atoms with Gasteiger partial charge in [-0.1, -0.05) is 91.3 Å². The maximum Gasteiger partial charge on any atom is 0.131 e. The molecule has 56 heavy (non-hydrogen) atoms. The number of methoxy groups -OCH3 is 4. The third-order valence-corrected chi connectivity index (χ3v) is 16.2. The van der Waals surface area contributed by atoms with E-state index in [4.69, 9.17) is 23.7 Å². The van der Waals surface area contributed by atoms with Crippen LogP contribution < -0.4 is 55.5 Å². The van der Waals surface area contributed by atoms with Crippen molar-refractivity contribution in [3.8, 4) is 34.5 Å². The third kappa shape index (κ3) is 7.70. The first-order valence-corrected chi connectivity index (χ1v) is 21.9. The molecule has 1 fully saturated rings. The van der Waals surface area contributed by atoms with Gasteiger partial charge in [0.1, 0.15) is 40.6 Å². The Kier molecular flexibility index (Phi) is 11.5. The minimum atomic E-state index is -1.06. The van der Waals surface area contributed by atoms with Gasteiger partial charge in [0.05, 0.1) is 28.4 Å². The van der Waals surface area contributed by atoms with Crippen LogP contribution in [-0.4, -0.2) is 39.6 Å². The molecule has 1 saturated carbocycles. The van der Waals surface area contributed by atoms with E-state index in [9.17, 15) is 5.11 Å². The van der Waals surface area contributed by atoms with E-state index in [1.807, 2.05) is 48.5 Å². The van der Waals surface area contributed by atoms with Crippen LogP contribution in [-0.2, 0) is 12.8 Å². The number of ether oxygens (including phenoxy) is 5. The number of phenolic OH excluding ortho intramolecular Hbond substituents is 1. The smallest absolute Gasteiger partial charge is 0.131 e. The van der Waals surface area contributed by atoms with Crippen LogP contribution in [0.3, 0.4) is 0 Å². The Morgan fingerprint density at radius 3 is 1.48 bits per heavy atom. The molecule has 0 aromatic heterocycles. The second-order valence-corrected chi connectivity index (χ2v) is 18.8. The Labute approximate surface area is 332 Å². The second kappa shape index (κ2) is 17.0. The van der Waals surface area contributed by atoms with Crippen LogP contribution >= 0.6 is 15.8 Å². The van der Waals surface area contributed by atoms with Crippen LogP contribution in [0.2, 0.25) is 0 Å². The van der Waals surface area contributed by atoms with E-state index in [2.05, 4.69) is 84.9 Å². The van der Waals surface area contributed by atoms with E-state index < -0.39 is 15.8 Å². The quantitative estimate of drug-likeness (QED) is 0.128. The number of rotatable bonds is 12. The Morgan fingerprint density at radius 1 is 0.554 bits per heavy atom. The van der Waals surface area contributed by atoms with Gasteiger partial charge in [-0.3, -0.25) is 0 Å². The molecule has 8 heteroatoms. The van der Waals surface area contributed by atoms with Crippen LogP contribution in [0, 0.1) is 11.8 Å². The molecule has 0 amide bonds. The minimum Gasteiger partial charge on any atom is -0.507 e. The average Bonchev–Trinajstić information content (AvgIpc) is 3.25. The molecule has 286 valence electrons. The Hall–Kier alpha value is -5.02. The summed E-state index contributed by atoms with van der Waals surface area (Å²) in [7, 11) is 4.78. The summed E-state index contributed by atoms with van der Waals surface area (Å²) in [5, 5.41) is 19.1. The predicted molar refractivity (Wildman–Crippen MR) is 231 cm³/mol. The molecule has 1 unspecified atom stereocenters. The van der Waals surface area contributed by atoms with E-state index in [0.717, 1.165) is 82.3 Å². The summed E-state index contributed by atoms with van der Waals surface area (Å²) in [6, 6.07) is 46.4. The lowest BCUT2D eigenvalue weighted by atomic mass is 9.72. The van der Waals surface area contributed by atoms with Crippen LogP contribution in [0.5, 0.6) is 34.5 Å². The first kappa shape index (κ1) is 37.9. The van der Waals surface area contributed by atoms with E-state index >= 15 is 0 Å². The summed E-state index contributed by atoms with van der Waals surface area (Å²) in [5.41, 5.74) is 2.26. The first-order chi connectivity index (χ1) is 27.5. The molecule has 1 aliphatic carbocycles. The molecule has 2 aliphatic rings. The average molecular weight is 783 g/mol. The zero-order chi connectivity index (χ0) is 38.6. The molecule has 6 aromatic rings. The van der Waals surface area contributed by atoms with Crippen molar-refractivity contribution in [3.05, 3.63) is 145 Å². The van der Waals surface area contributed by atoms with Crippen LogP contribution in [0.4, 0.5) is 0 Å². The molecule has 0 saturated heterocycles. The molecular weight excluding hydrogens is 734 g/mol. The summed E-state index contributed by atoms with van der Waals surface area (Å²) < 4.78 is 29.4. The molecule has 1 N–H and O–H groups in total. The van der Waals surface area contributed by atoms with Crippen molar-refractivity contribution in [2.75, 3.05) is 28.4 Å². The summed E-state index contributed by atoms with van der Waals surface area (Å²) >= 11 is 0. The van der Waals surface area contributed by atoms with E-state index in [0.29, 0.717) is 11.7 Å². The molecule has 6 aromatic carbocycles. The van der Waals surface area contributed by atoms with Gasteiger partial charge < -0.3 is 28.8 Å². The summed E-state index contributed by atoms with van der Waals surface area (Å²) in [5.74, 6) is 5.38. The summed E-state index contributed by atoms with van der Waals surface area (Å²) in [6.07, 6.45) is 5.14. The molecule has 0 bridgehead atoms. The lowest BCUT2D eigenvalue weighted by Crippen LogP contribution is -2.44. The molecular formula is C48H48O6P2. The van der Waals surface area contributed by atoms with Gasteiger partial charge in [0.2, 0.25) is 0 Å². The molecule has 1 aliphatic heterocycles. The van der Waals surface area contributed by atoms with Crippen molar-refractivity contribution in [1.82, 2.24) is 0 Å². The fourth-order valence-corrected chi connectivity index (χ4v) is 13.2. The number of aromatic hydroxyl groups is 1. The summed E-state index contributed by atoms with van der Waals surface area (Å²) in [6.45, 7) is 0. The van der Waals surface area contributed by atoms with E-state index in [1.54, 1.807) is 28.4 Å². The van der Waals surface area contributed by atoms with Gasteiger partial charge in [-0.2, -0.15) is 0 Å². The molecule has 0 radical (unpaired) electrons. The van der Waals surface area contributed by atoms with Crippen LogP contribution in [0.1, 0.15) is 30.4 Å². The highest BCUT2D eigenvalue weighted by atomic mass is 31.1. The van der Waals surface area contributed by atoms with Crippen molar-refractivity contribution in [1.29, 1.82) is 0 Å². The number of benzene rings is 6. The zero-order valence-electron chi connectivity index (χ0n) is 32.4. The van der Waals surface area contributed by atoms with Crippen molar-refractivity contribution in [2.24, 2.45) is 11.8 Å². The Bertz CT molecular complexity index is 2140. The van der Waals surface area contributed by atoms with E-state index in [1.165, 1.54) is 21.5 Å². The fraction of sp³-hybridized carbons (Fsp3) is 0.250.